The molecule has 0 radical (unpaired) electrons. The van der Waals surface area contributed by atoms with Crippen molar-refractivity contribution < 1.29 is 13.9 Å². The van der Waals surface area contributed by atoms with E-state index in [-0.39, 0.29) is 18.3 Å². The van der Waals surface area contributed by atoms with Crippen LogP contribution in [0.4, 0.5) is 4.39 Å². The third kappa shape index (κ3) is 3.46. The number of rotatable bonds is 6. The summed E-state index contributed by atoms with van der Waals surface area (Å²) in [7, 11) is 1.76. The fourth-order valence-corrected chi connectivity index (χ4v) is 3.51. The second kappa shape index (κ2) is 6.95. The van der Waals surface area contributed by atoms with E-state index in [0.717, 1.165) is 5.56 Å². The molecule has 8 heteroatoms. The summed E-state index contributed by atoms with van der Waals surface area (Å²) in [6.07, 6.45) is 5.72. The average Bonchev–Trinajstić information content (AvgIpc) is 3.36. The number of pyridine rings is 1. The summed E-state index contributed by atoms with van der Waals surface area (Å²) >= 11 is 0. The number of amides is 1. The fourth-order valence-electron chi connectivity index (χ4n) is 3.51. The van der Waals surface area contributed by atoms with Gasteiger partial charge >= 0.3 is 0 Å². The zero-order valence-corrected chi connectivity index (χ0v) is 16.0. The van der Waals surface area contributed by atoms with Crippen molar-refractivity contribution in [1.82, 2.24) is 24.9 Å². The third-order valence-electron chi connectivity index (χ3n) is 5.33. The van der Waals surface area contributed by atoms with E-state index in [4.69, 9.17) is 4.74 Å². The molecule has 0 unspecified atom stereocenters. The highest BCUT2D eigenvalue weighted by Gasteiger charge is 2.33. The lowest BCUT2D eigenvalue weighted by atomic mass is 10.1. The molecule has 0 atom stereocenters. The number of nitrogens with zero attached hydrogens (tertiary/aromatic N) is 5. The number of aromatic nitrogens is 4. The van der Waals surface area contributed by atoms with Crippen molar-refractivity contribution in [1.29, 1.82) is 0 Å². The van der Waals surface area contributed by atoms with Crippen LogP contribution < -0.4 is 4.74 Å². The largest absolute Gasteiger partial charge is 0.477 e. The topological polar surface area (TPSA) is 73.1 Å². The van der Waals surface area contributed by atoms with Crippen LogP contribution in [0.2, 0.25) is 0 Å². The minimum atomic E-state index is -0.375. The van der Waals surface area contributed by atoms with Crippen LogP contribution in [0.25, 0.3) is 11.3 Å². The zero-order valence-electron chi connectivity index (χ0n) is 16.0. The Balaban J connectivity index is 1.34. The molecule has 2 aliphatic rings. The molecule has 2 aromatic heterocycles. The van der Waals surface area contributed by atoms with Gasteiger partial charge < -0.3 is 9.64 Å². The van der Waals surface area contributed by atoms with Crippen LogP contribution in [0.3, 0.4) is 0 Å². The standard InChI is InChI=1S/C21H20FN5O2/c1-26-11-18(24-25-26)14-4-5-15(17(22)8-14)9-27-10-16-6-7-23-20(19(16)21(27)28)29-12-13-2-3-13/h4-8,11,13H,2-3,9-10,12H2,1H3. The van der Waals surface area contributed by atoms with Crippen molar-refractivity contribution in [2.45, 2.75) is 25.9 Å². The van der Waals surface area contributed by atoms with E-state index in [9.17, 15) is 9.18 Å². The maximum Gasteiger partial charge on any atom is 0.260 e. The van der Waals surface area contributed by atoms with Crippen molar-refractivity contribution in [2.75, 3.05) is 6.61 Å². The van der Waals surface area contributed by atoms with Crippen molar-refractivity contribution in [3.63, 3.8) is 0 Å². The molecule has 29 heavy (non-hydrogen) atoms. The summed E-state index contributed by atoms with van der Waals surface area (Å²) in [5.74, 6) is 0.416. The molecule has 1 saturated carbocycles. The molecule has 3 aromatic rings. The number of aryl methyl sites for hydroxylation is 1. The molecular weight excluding hydrogens is 373 g/mol. The molecule has 3 heterocycles. The van der Waals surface area contributed by atoms with Crippen LogP contribution in [-0.2, 0) is 20.1 Å². The molecule has 1 fully saturated rings. The van der Waals surface area contributed by atoms with Crippen LogP contribution in [0, 0.1) is 11.7 Å². The predicted molar refractivity (Wildman–Crippen MR) is 102 cm³/mol. The third-order valence-corrected chi connectivity index (χ3v) is 5.33. The number of benzene rings is 1. The number of halogens is 1. The normalized spacial score (nSPS) is 15.7. The van der Waals surface area contributed by atoms with Crippen LogP contribution in [0.1, 0.15) is 34.3 Å². The molecule has 0 saturated heterocycles. The predicted octanol–water partition coefficient (Wildman–Crippen LogP) is 2.96. The minimum absolute atomic E-state index is 0.170. The highest BCUT2D eigenvalue weighted by molar-refractivity contribution is 6.00. The van der Waals surface area contributed by atoms with E-state index in [1.54, 1.807) is 41.2 Å². The second-order valence-corrected chi connectivity index (χ2v) is 7.65. The molecule has 148 valence electrons. The van der Waals surface area contributed by atoms with Crippen LogP contribution in [0.15, 0.2) is 36.7 Å². The SMILES string of the molecule is Cn1cc(-c2ccc(CN3Cc4ccnc(OCC5CC5)c4C3=O)c(F)c2)nn1. The molecular formula is C21H20FN5O2. The lowest BCUT2D eigenvalue weighted by Gasteiger charge is -2.16. The van der Waals surface area contributed by atoms with Crippen molar-refractivity contribution in [2.24, 2.45) is 13.0 Å². The monoisotopic (exact) mass is 393 g/mol. The van der Waals surface area contributed by atoms with Gasteiger partial charge in [-0.15, -0.1) is 5.10 Å². The quantitative estimate of drug-likeness (QED) is 0.644. The van der Waals surface area contributed by atoms with Crippen molar-refractivity contribution in [3.05, 3.63) is 59.2 Å². The van der Waals surface area contributed by atoms with Gasteiger partial charge in [0.2, 0.25) is 5.88 Å². The maximum atomic E-state index is 14.7. The number of carbonyl (C=O) groups is 1. The first-order valence-electron chi connectivity index (χ1n) is 9.63. The maximum absolute atomic E-state index is 14.7. The van der Waals surface area contributed by atoms with Gasteiger partial charge in [-0.05, 0) is 36.5 Å². The number of carbonyl (C=O) groups excluding carboxylic acids is 1. The Bertz CT molecular complexity index is 1090. The smallest absolute Gasteiger partial charge is 0.260 e. The van der Waals surface area contributed by atoms with Crippen LogP contribution >= 0.6 is 0 Å². The number of fused-ring (bicyclic) bond motifs is 1. The summed E-state index contributed by atoms with van der Waals surface area (Å²) in [5, 5.41) is 7.88. The van der Waals surface area contributed by atoms with Gasteiger partial charge in [-0.3, -0.25) is 9.48 Å². The van der Waals surface area contributed by atoms with E-state index in [0.29, 0.717) is 47.3 Å². The Morgan fingerprint density at radius 1 is 1.28 bits per heavy atom. The Labute approximate surface area is 167 Å². The first kappa shape index (κ1) is 17.8. The van der Waals surface area contributed by atoms with E-state index in [1.807, 2.05) is 6.07 Å². The number of hydrogen-bond donors (Lipinski definition) is 0. The highest BCUT2D eigenvalue weighted by atomic mass is 19.1. The van der Waals surface area contributed by atoms with Gasteiger partial charge in [-0.25, -0.2) is 9.37 Å². The Morgan fingerprint density at radius 3 is 2.86 bits per heavy atom. The van der Waals surface area contributed by atoms with E-state index in [2.05, 4.69) is 15.3 Å². The Hall–Kier alpha value is -3.29. The zero-order chi connectivity index (χ0) is 20.0. The Morgan fingerprint density at radius 2 is 2.14 bits per heavy atom. The average molecular weight is 393 g/mol. The summed E-state index contributed by atoms with van der Waals surface area (Å²) in [5.41, 5.74) is 3.07. The highest BCUT2D eigenvalue weighted by Crippen LogP contribution is 2.33. The van der Waals surface area contributed by atoms with Crippen LogP contribution in [0.5, 0.6) is 5.88 Å². The first-order valence-corrected chi connectivity index (χ1v) is 9.63. The van der Waals surface area contributed by atoms with Gasteiger partial charge in [-0.1, -0.05) is 17.3 Å². The lowest BCUT2D eigenvalue weighted by Crippen LogP contribution is -2.24. The molecule has 0 N–H and O–H groups in total. The molecule has 0 spiro atoms. The van der Waals surface area contributed by atoms with Crippen molar-refractivity contribution in [3.8, 4) is 17.1 Å². The second-order valence-electron chi connectivity index (χ2n) is 7.65. The van der Waals surface area contributed by atoms with Gasteiger partial charge in [0, 0.05) is 37.5 Å². The van der Waals surface area contributed by atoms with Gasteiger partial charge in [0.1, 0.15) is 17.1 Å². The first-order chi connectivity index (χ1) is 14.1. The molecule has 1 aliphatic carbocycles. The summed E-state index contributed by atoms with van der Waals surface area (Å²) < 4.78 is 22.1. The summed E-state index contributed by atoms with van der Waals surface area (Å²) in [6, 6.07) is 6.74. The van der Waals surface area contributed by atoms with Gasteiger partial charge in [0.25, 0.3) is 5.91 Å². The number of ether oxygens (including phenoxy) is 1. The van der Waals surface area contributed by atoms with Gasteiger partial charge in [0.05, 0.1) is 12.8 Å². The minimum Gasteiger partial charge on any atom is -0.477 e. The fraction of sp³-hybridized carbons (Fsp3) is 0.333. The van der Waals surface area contributed by atoms with E-state index < -0.39 is 0 Å². The Kier molecular flexibility index (Phi) is 4.26. The van der Waals surface area contributed by atoms with Gasteiger partial charge in [0.15, 0.2) is 0 Å². The summed E-state index contributed by atoms with van der Waals surface area (Å²) in [4.78, 5) is 18.8. The number of hydrogen-bond acceptors (Lipinski definition) is 5. The lowest BCUT2D eigenvalue weighted by molar-refractivity contribution is 0.0761. The molecule has 1 aromatic carbocycles. The van der Waals surface area contributed by atoms with Crippen LogP contribution in [-0.4, -0.2) is 37.4 Å². The van der Waals surface area contributed by atoms with Crippen molar-refractivity contribution >= 4 is 5.91 Å². The molecule has 5 rings (SSSR count). The van der Waals surface area contributed by atoms with E-state index in [1.165, 1.54) is 18.9 Å². The molecule has 1 amide bonds. The van der Waals surface area contributed by atoms with Gasteiger partial charge in [-0.2, -0.15) is 0 Å². The van der Waals surface area contributed by atoms with E-state index >= 15 is 0 Å². The molecule has 0 bridgehead atoms. The molecule has 1 aliphatic heterocycles. The molecule has 7 nitrogen and oxygen atoms in total. The summed E-state index contributed by atoms with van der Waals surface area (Å²) in [6.45, 7) is 1.19.